The van der Waals surface area contributed by atoms with Gasteiger partial charge in [-0.3, -0.25) is 4.99 Å². The molecule has 1 fully saturated rings. The average Bonchev–Trinajstić information content (AvgIpc) is 2.89. The number of aliphatic imine (C=N–C) groups is 1. The highest BCUT2D eigenvalue weighted by atomic mass is 32.2. The van der Waals surface area contributed by atoms with E-state index in [1.165, 1.54) is 62.3 Å². The normalized spacial score (nSPS) is 23.4. The monoisotopic (exact) mass is 282 g/mol. The third-order valence-electron chi connectivity index (χ3n) is 4.82. The zero-order chi connectivity index (χ0) is 13.6. The lowest BCUT2D eigenvalue weighted by Gasteiger charge is -2.31. The molecule has 1 unspecified atom stereocenters. The largest absolute Gasteiger partial charge is 0.365 e. The minimum absolute atomic E-state index is 0.572. The van der Waals surface area contributed by atoms with E-state index >= 15 is 0 Å². The van der Waals surface area contributed by atoms with E-state index in [0.29, 0.717) is 5.41 Å². The summed E-state index contributed by atoms with van der Waals surface area (Å²) in [6.07, 6.45) is 11.0. The first-order chi connectivity index (χ1) is 9.28. The van der Waals surface area contributed by atoms with Gasteiger partial charge in [-0.05, 0) is 30.6 Å². The van der Waals surface area contributed by atoms with Crippen LogP contribution < -0.4 is 5.32 Å². The zero-order valence-corrected chi connectivity index (χ0v) is 13.5. The summed E-state index contributed by atoms with van der Waals surface area (Å²) in [5.74, 6) is 2.12. The predicted octanol–water partition coefficient (Wildman–Crippen LogP) is 4.46. The summed E-state index contributed by atoms with van der Waals surface area (Å²) in [6.45, 7) is 6.79. The van der Waals surface area contributed by atoms with Gasteiger partial charge in [-0.1, -0.05) is 57.7 Å². The van der Waals surface area contributed by atoms with Gasteiger partial charge in [0.05, 0.1) is 0 Å². The Morgan fingerprint density at radius 1 is 1.32 bits per heavy atom. The highest BCUT2D eigenvalue weighted by Crippen LogP contribution is 2.43. The topological polar surface area (TPSA) is 24.4 Å². The Hall–Kier alpha value is -0.180. The van der Waals surface area contributed by atoms with Gasteiger partial charge in [0.1, 0.15) is 0 Å². The van der Waals surface area contributed by atoms with E-state index in [9.17, 15) is 0 Å². The fourth-order valence-corrected chi connectivity index (χ4v) is 4.43. The minimum atomic E-state index is 0.572. The van der Waals surface area contributed by atoms with Crippen molar-refractivity contribution in [2.75, 3.05) is 18.8 Å². The van der Waals surface area contributed by atoms with Crippen molar-refractivity contribution in [1.82, 2.24) is 5.32 Å². The number of amidine groups is 1. The molecule has 1 atom stereocenters. The summed E-state index contributed by atoms with van der Waals surface area (Å²) < 4.78 is 0. The molecule has 2 rings (SSSR count). The van der Waals surface area contributed by atoms with Crippen LogP contribution in [0.25, 0.3) is 0 Å². The SMILES string of the molecule is CCCCC(CC)CNC1=NCC2(CCCC2)CS1. The van der Waals surface area contributed by atoms with Gasteiger partial charge in [-0.15, -0.1) is 0 Å². The molecular formula is C16H30N2S. The molecule has 3 heteroatoms. The molecular weight excluding hydrogens is 252 g/mol. The fourth-order valence-electron chi connectivity index (χ4n) is 3.26. The number of nitrogens with one attached hydrogen (secondary N) is 1. The highest BCUT2D eigenvalue weighted by molar-refractivity contribution is 8.13. The molecule has 110 valence electrons. The number of rotatable bonds is 6. The van der Waals surface area contributed by atoms with Gasteiger partial charge in [0.25, 0.3) is 0 Å². The van der Waals surface area contributed by atoms with E-state index in [1.54, 1.807) is 0 Å². The van der Waals surface area contributed by atoms with Crippen molar-refractivity contribution < 1.29 is 0 Å². The second-order valence-corrected chi connectivity index (χ2v) is 7.38. The van der Waals surface area contributed by atoms with E-state index in [0.717, 1.165) is 19.0 Å². The second-order valence-electron chi connectivity index (χ2n) is 6.41. The maximum atomic E-state index is 4.82. The van der Waals surface area contributed by atoms with Crippen LogP contribution in [0.15, 0.2) is 4.99 Å². The van der Waals surface area contributed by atoms with E-state index < -0.39 is 0 Å². The Labute approximate surface area is 123 Å². The molecule has 2 nitrogen and oxygen atoms in total. The Morgan fingerprint density at radius 3 is 2.68 bits per heavy atom. The molecule has 0 amide bonds. The summed E-state index contributed by atoms with van der Waals surface area (Å²) in [7, 11) is 0. The minimum Gasteiger partial charge on any atom is -0.365 e. The number of hydrogen-bond donors (Lipinski definition) is 1. The number of thioether (sulfide) groups is 1. The van der Waals surface area contributed by atoms with Crippen molar-refractivity contribution in [2.45, 2.75) is 65.2 Å². The van der Waals surface area contributed by atoms with Crippen molar-refractivity contribution in [3.8, 4) is 0 Å². The molecule has 1 heterocycles. The van der Waals surface area contributed by atoms with Gasteiger partial charge in [0, 0.05) is 18.8 Å². The van der Waals surface area contributed by atoms with Crippen molar-refractivity contribution in [3.63, 3.8) is 0 Å². The number of unbranched alkanes of at least 4 members (excludes halogenated alkanes) is 1. The van der Waals surface area contributed by atoms with Gasteiger partial charge < -0.3 is 5.32 Å². The maximum absolute atomic E-state index is 4.82. The molecule has 19 heavy (non-hydrogen) atoms. The van der Waals surface area contributed by atoms with Crippen LogP contribution in [0.4, 0.5) is 0 Å². The Bertz CT molecular complexity index is 295. The maximum Gasteiger partial charge on any atom is 0.156 e. The van der Waals surface area contributed by atoms with Gasteiger partial charge in [-0.25, -0.2) is 0 Å². The van der Waals surface area contributed by atoms with E-state index in [4.69, 9.17) is 4.99 Å². The van der Waals surface area contributed by atoms with Crippen molar-refractivity contribution in [3.05, 3.63) is 0 Å². The lowest BCUT2D eigenvalue weighted by atomic mass is 9.89. The molecule has 0 saturated heterocycles. The van der Waals surface area contributed by atoms with Gasteiger partial charge in [-0.2, -0.15) is 0 Å². The van der Waals surface area contributed by atoms with E-state index in [-0.39, 0.29) is 0 Å². The van der Waals surface area contributed by atoms with E-state index in [1.807, 2.05) is 11.8 Å². The van der Waals surface area contributed by atoms with Crippen LogP contribution >= 0.6 is 11.8 Å². The number of nitrogens with zero attached hydrogens (tertiary/aromatic N) is 1. The van der Waals surface area contributed by atoms with Crippen LogP contribution in [0.5, 0.6) is 0 Å². The van der Waals surface area contributed by atoms with Crippen molar-refractivity contribution >= 4 is 16.9 Å². The summed E-state index contributed by atoms with van der Waals surface area (Å²) in [4.78, 5) is 4.82. The van der Waals surface area contributed by atoms with Crippen LogP contribution in [0.2, 0.25) is 0 Å². The van der Waals surface area contributed by atoms with Gasteiger partial charge >= 0.3 is 0 Å². The molecule has 0 radical (unpaired) electrons. The highest BCUT2D eigenvalue weighted by Gasteiger charge is 2.36. The van der Waals surface area contributed by atoms with Crippen molar-refractivity contribution in [1.29, 1.82) is 0 Å². The van der Waals surface area contributed by atoms with Crippen molar-refractivity contribution in [2.24, 2.45) is 16.3 Å². The first-order valence-corrected chi connectivity index (χ1v) is 9.17. The molecule has 0 aromatic carbocycles. The van der Waals surface area contributed by atoms with Crippen LogP contribution in [-0.4, -0.2) is 24.0 Å². The van der Waals surface area contributed by atoms with Gasteiger partial charge in [0.2, 0.25) is 0 Å². The lowest BCUT2D eigenvalue weighted by molar-refractivity contribution is 0.357. The Kier molecular flexibility index (Phi) is 6.06. The van der Waals surface area contributed by atoms with Gasteiger partial charge in [0.15, 0.2) is 5.17 Å². The lowest BCUT2D eigenvalue weighted by Crippen LogP contribution is -2.35. The summed E-state index contributed by atoms with van der Waals surface area (Å²) in [5, 5.41) is 4.82. The molecule has 0 aromatic rings. The van der Waals surface area contributed by atoms with Crippen LogP contribution in [0.1, 0.15) is 65.2 Å². The molecule has 1 saturated carbocycles. The molecule has 0 bridgehead atoms. The van der Waals surface area contributed by atoms with E-state index in [2.05, 4.69) is 19.2 Å². The fraction of sp³-hybridized carbons (Fsp3) is 0.938. The van der Waals surface area contributed by atoms with Crippen LogP contribution in [0, 0.1) is 11.3 Å². The third kappa shape index (κ3) is 4.40. The first kappa shape index (κ1) is 15.2. The molecule has 2 aliphatic rings. The first-order valence-electron chi connectivity index (χ1n) is 8.19. The average molecular weight is 282 g/mol. The molecule has 1 N–H and O–H groups in total. The smallest absolute Gasteiger partial charge is 0.156 e. The van der Waals surface area contributed by atoms with Crippen LogP contribution in [0.3, 0.4) is 0 Å². The Balaban J connectivity index is 1.73. The number of hydrogen-bond acceptors (Lipinski definition) is 3. The standard InChI is InChI=1S/C16H30N2S/c1-3-5-8-14(4-2)11-17-15-18-12-16(13-19-15)9-6-7-10-16/h14H,3-13H2,1-2H3,(H,17,18). The third-order valence-corrected chi connectivity index (χ3v) is 6.13. The second kappa shape index (κ2) is 7.56. The molecule has 1 aliphatic heterocycles. The summed E-state index contributed by atoms with van der Waals surface area (Å²) in [6, 6.07) is 0. The predicted molar refractivity (Wildman–Crippen MR) is 87.0 cm³/mol. The summed E-state index contributed by atoms with van der Waals surface area (Å²) >= 11 is 1.97. The zero-order valence-electron chi connectivity index (χ0n) is 12.7. The summed E-state index contributed by atoms with van der Waals surface area (Å²) in [5.41, 5.74) is 0.572. The molecule has 1 aliphatic carbocycles. The van der Waals surface area contributed by atoms with Crippen LogP contribution in [-0.2, 0) is 0 Å². The quantitative estimate of drug-likeness (QED) is 0.778. The molecule has 1 spiro atoms. The molecule has 0 aromatic heterocycles. The Morgan fingerprint density at radius 2 is 2.11 bits per heavy atom.